The normalized spacial score (nSPS) is 23.8. The number of hydrogen-bond acceptors (Lipinski definition) is 4. The van der Waals surface area contributed by atoms with Gasteiger partial charge in [0.2, 0.25) is 5.91 Å². The number of carbonyl (C=O) groups excluding carboxylic acids is 1. The van der Waals surface area contributed by atoms with E-state index < -0.39 is 9.84 Å². The smallest absolute Gasteiger partial charge is 0.239 e. The first-order chi connectivity index (χ1) is 7.35. The van der Waals surface area contributed by atoms with Crippen molar-refractivity contribution in [3.63, 3.8) is 0 Å². The molecular weight excluding hydrogens is 228 g/mol. The number of nitrogens with one attached hydrogen (secondary N) is 1. The highest BCUT2D eigenvalue weighted by molar-refractivity contribution is 7.91. The lowest BCUT2D eigenvalue weighted by Crippen LogP contribution is -2.44. The van der Waals surface area contributed by atoms with Crippen LogP contribution in [0.4, 0.5) is 0 Å². The van der Waals surface area contributed by atoms with Crippen molar-refractivity contribution < 1.29 is 13.2 Å². The Bertz CT molecular complexity index is 353. The number of likely N-dealkylation sites (N-methyl/N-ethyl adjacent to an activating group) is 1. The van der Waals surface area contributed by atoms with Gasteiger partial charge in [-0.25, -0.2) is 8.42 Å². The lowest BCUT2D eigenvalue weighted by atomic mass is 10.2. The fourth-order valence-electron chi connectivity index (χ4n) is 1.87. The Morgan fingerprint density at radius 2 is 2.19 bits per heavy atom. The maximum Gasteiger partial charge on any atom is 0.239 e. The Hall–Kier alpha value is -0.620. The van der Waals surface area contributed by atoms with Crippen LogP contribution in [0.2, 0.25) is 0 Å². The van der Waals surface area contributed by atoms with Gasteiger partial charge in [0.1, 0.15) is 0 Å². The molecule has 1 amide bonds. The molecule has 0 bridgehead atoms. The third-order valence-corrected chi connectivity index (χ3v) is 4.74. The summed E-state index contributed by atoms with van der Waals surface area (Å²) in [5.41, 5.74) is 0. The van der Waals surface area contributed by atoms with Crippen LogP contribution >= 0.6 is 0 Å². The molecule has 1 aliphatic rings. The van der Waals surface area contributed by atoms with Gasteiger partial charge in [-0.3, -0.25) is 4.79 Å². The second-order valence-electron chi connectivity index (χ2n) is 4.37. The van der Waals surface area contributed by atoms with Crippen LogP contribution in [0.25, 0.3) is 0 Å². The van der Waals surface area contributed by atoms with Crippen molar-refractivity contribution in [1.29, 1.82) is 0 Å². The average Bonchev–Trinajstić information content (AvgIpc) is 2.49. The predicted octanol–water partition coefficient (Wildman–Crippen LogP) is -0.370. The van der Waals surface area contributed by atoms with Crippen LogP contribution in [0.5, 0.6) is 0 Å². The molecular formula is C10H20N2O3S. The molecule has 2 atom stereocenters. The van der Waals surface area contributed by atoms with Crippen molar-refractivity contribution in [3.05, 3.63) is 0 Å². The first kappa shape index (κ1) is 13.4. The monoisotopic (exact) mass is 248 g/mol. The van der Waals surface area contributed by atoms with E-state index in [0.717, 1.165) is 13.0 Å². The summed E-state index contributed by atoms with van der Waals surface area (Å²) in [6, 6.07) is -0.391. The standard InChI is InChI=1S/C10H20N2O3S/c1-4-16(14,15)7-8(2)11-9-5-6-12(3)10(9)13/h8-9,11H,4-7H2,1-3H3. The van der Waals surface area contributed by atoms with Crippen molar-refractivity contribution in [2.45, 2.75) is 32.4 Å². The first-order valence-corrected chi connectivity index (χ1v) is 7.39. The van der Waals surface area contributed by atoms with E-state index in [-0.39, 0.29) is 29.5 Å². The number of amides is 1. The topological polar surface area (TPSA) is 66.5 Å². The van der Waals surface area contributed by atoms with E-state index in [0.29, 0.717) is 0 Å². The number of carbonyl (C=O) groups is 1. The highest BCUT2D eigenvalue weighted by Crippen LogP contribution is 2.09. The third kappa shape index (κ3) is 3.45. The molecule has 1 saturated heterocycles. The van der Waals surface area contributed by atoms with Gasteiger partial charge in [0.05, 0.1) is 11.8 Å². The quantitative estimate of drug-likeness (QED) is 0.721. The van der Waals surface area contributed by atoms with Crippen molar-refractivity contribution in [2.24, 2.45) is 0 Å². The Kier molecular flexibility index (Phi) is 4.32. The summed E-state index contributed by atoms with van der Waals surface area (Å²) in [6.45, 7) is 4.18. The number of hydrogen-bond donors (Lipinski definition) is 1. The van der Waals surface area contributed by atoms with Crippen LogP contribution < -0.4 is 5.32 Å². The van der Waals surface area contributed by atoms with Gasteiger partial charge in [-0.2, -0.15) is 0 Å². The Labute approximate surface area is 97.1 Å². The summed E-state index contributed by atoms with van der Waals surface area (Å²) in [6.07, 6.45) is 0.756. The van der Waals surface area contributed by atoms with Crippen molar-refractivity contribution in [2.75, 3.05) is 25.1 Å². The van der Waals surface area contributed by atoms with Crippen LogP contribution in [0.15, 0.2) is 0 Å². The molecule has 5 nitrogen and oxygen atoms in total. The predicted molar refractivity (Wildman–Crippen MR) is 63.0 cm³/mol. The maximum atomic E-state index is 11.6. The molecule has 1 aliphatic heterocycles. The largest absolute Gasteiger partial charge is 0.344 e. The fourth-order valence-corrected chi connectivity index (χ4v) is 2.96. The van der Waals surface area contributed by atoms with E-state index in [1.165, 1.54) is 0 Å². The van der Waals surface area contributed by atoms with Gasteiger partial charge >= 0.3 is 0 Å². The molecule has 0 spiro atoms. The van der Waals surface area contributed by atoms with E-state index >= 15 is 0 Å². The van der Waals surface area contributed by atoms with Gasteiger partial charge < -0.3 is 10.2 Å². The zero-order chi connectivity index (χ0) is 12.3. The van der Waals surface area contributed by atoms with Gasteiger partial charge in [0.25, 0.3) is 0 Å². The average molecular weight is 248 g/mol. The number of rotatable bonds is 5. The van der Waals surface area contributed by atoms with Gasteiger partial charge in [-0.05, 0) is 13.3 Å². The molecule has 1 heterocycles. The number of likely N-dealkylation sites (tertiary alicyclic amines) is 1. The van der Waals surface area contributed by atoms with Gasteiger partial charge in [-0.1, -0.05) is 6.92 Å². The van der Waals surface area contributed by atoms with E-state index in [1.54, 1.807) is 25.8 Å². The van der Waals surface area contributed by atoms with E-state index in [9.17, 15) is 13.2 Å². The third-order valence-electron chi connectivity index (χ3n) is 2.86. The molecule has 1 N–H and O–H groups in total. The summed E-state index contributed by atoms with van der Waals surface area (Å²) in [7, 11) is -1.22. The minimum atomic E-state index is -2.98. The fraction of sp³-hybridized carbons (Fsp3) is 0.900. The van der Waals surface area contributed by atoms with Crippen LogP contribution in [0.1, 0.15) is 20.3 Å². The number of sulfone groups is 1. The van der Waals surface area contributed by atoms with Crippen molar-refractivity contribution in [1.82, 2.24) is 10.2 Å². The summed E-state index contributed by atoms with van der Waals surface area (Å²) in [5.74, 6) is 0.301. The second-order valence-corrected chi connectivity index (χ2v) is 6.77. The van der Waals surface area contributed by atoms with Crippen molar-refractivity contribution >= 4 is 15.7 Å². The highest BCUT2D eigenvalue weighted by atomic mass is 32.2. The zero-order valence-electron chi connectivity index (χ0n) is 10.1. The van der Waals surface area contributed by atoms with E-state index in [4.69, 9.17) is 0 Å². The van der Waals surface area contributed by atoms with Crippen LogP contribution in [-0.4, -0.2) is 56.4 Å². The Morgan fingerprint density at radius 3 is 2.62 bits per heavy atom. The molecule has 1 fully saturated rings. The van der Waals surface area contributed by atoms with Gasteiger partial charge in [-0.15, -0.1) is 0 Å². The zero-order valence-corrected chi connectivity index (χ0v) is 10.9. The second kappa shape index (κ2) is 5.14. The minimum Gasteiger partial charge on any atom is -0.344 e. The molecule has 2 unspecified atom stereocenters. The van der Waals surface area contributed by atoms with Crippen molar-refractivity contribution in [3.8, 4) is 0 Å². The molecule has 0 aliphatic carbocycles. The molecule has 0 aromatic heterocycles. The molecule has 0 radical (unpaired) electrons. The first-order valence-electron chi connectivity index (χ1n) is 5.57. The summed E-state index contributed by atoms with van der Waals surface area (Å²) >= 11 is 0. The molecule has 0 saturated carbocycles. The summed E-state index contributed by atoms with van der Waals surface area (Å²) < 4.78 is 22.8. The van der Waals surface area contributed by atoms with Gasteiger partial charge in [0, 0.05) is 25.4 Å². The Balaban J connectivity index is 2.47. The van der Waals surface area contributed by atoms with Crippen LogP contribution in [-0.2, 0) is 14.6 Å². The minimum absolute atomic E-state index is 0.0562. The highest BCUT2D eigenvalue weighted by Gasteiger charge is 2.30. The van der Waals surface area contributed by atoms with Gasteiger partial charge in [0.15, 0.2) is 9.84 Å². The molecule has 6 heteroatoms. The summed E-state index contributed by atoms with van der Waals surface area (Å²) in [4.78, 5) is 13.3. The van der Waals surface area contributed by atoms with E-state index in [2.05, 4.69) is 5.32 Å². The maximum absolute atomic E-state index is 11.6. The lowest BCUT2D eigenvalue weighted by Gasteiger charge is -2.18. The molecule has 16 heavy (non-hydrogen) atoms. The van der Waals surface area contributed by atoms with Crippen LogP contribution in [0, 0.1) is 0 Å². The molecule has 0 aromatic rings. The van der Waals surface area contributed by atoms with Crippen LogP contribution in [0.3, 0.4) is 0 Å². The Morgan fingerprint density at radius 1 is 1.56 bits per heavy atom. The van der Waals surface area contributed by atoms with E-state index in [1.807, 2.05) is 0 Å². The number of nitrogens with zero attached hydrogens (tertiary/aromatic N) is 1. The SMILES string of the molecule is CCS(=O)(=O)CC(C)NC1CCN(C)C1=O. The molecule has 94 valence electrons. The molecule has 1 rings (SSSR count). The lowest BCUT2D eigenvalue weighted by molar-refractivity contribution is -0.128. The summed E-state index contributed by atoms with van der Waals surface area (Å²) in [5, 5.41) is 3.08. The molecule has 0 aromatic carbocycles.